The van der Waals surface area contributed by atoms with Gasteiger partial charge in [0.2, 0.25) is 0 Å². The highest BCUT2D eigenvalue weighted by molar-refractivity contribution is 5.11. The number of hydrogen-bond donors (Lipinski definition) is 0. The molecule has 0 atom stereocenters. The molecule has 0 spiro atoms. The summed E-state index contributed by atoms with van der Waals surface area (Å²) in [5.41, 5.74) is 2.09. The number of nitrogens with zero attached hydrogens (tertiary/aromatic N) is 1. The van der Waals surface area contributed by atoms with Crippen LogP contribution in [0.15, 0.2) is 11.3 Å². The molecule has 0 aromatic heterocycles. The summed E-state index contributed by atoms with van der Waals surface area (Å²) in [5.74, 6) is -2.45. The summed E-state index contributed by atoms with van der Waals surface area (Å²) in [6.45, 7) is 5.54. The lowest BCUT2D eigenvalue weighted by atomic mass is 10.1. The van der Waals surface area contributed by atoms with Crippen molar-refractivity contribution in [1.82, 2.24) is 4.90 Å². The lowest BCUT2D eigenvalue weighted by Crippen LogP contribution is -2.55. The zero-order valence-electron chi connectivity index (χ0n) is 7.12. The Kier molecular flexibility index (Phi) is 1.90. The van der Waals surface area contributed by atoms with Crippen LogP contribution >= 0.6 is 0 Å². The smallest absolute Gasteiger partial charge is 0.282 e. The van der Waals surface area contributed by atoms with Crippen LogP contribution in [0.5, 0.6) is 0 Å². The monoisotopic (exact) mass is 161 g/mol. The van der Waals surface area contributed by atoms with Gasteiger partial charge >= 0.3 is 0 Å². The molecule has 0 aromatic carbocycles. The van der Waals surface area contributed by atoms with Crippen molar-refractivity contribution in [2.45, 2.75) is 26.7 Å². The van der Waals surface area contributed by atoms with Gasteiger partial charge in [-0.15, -0.1) is 0 Å². The highest BCUT2D eigenvalue weighted by Crippen LogP contribution is 2.30. The molecule has 1 saturated heterocycles. The zero-order chi connectivity index (χ0) is 8.65. The van der Waals surface area contributed by atoms with Crippen molar-refractivity contribution in [1.29, 1.82) is 0 Å². The van der Waals surface area contributed by atoms with E-state index < -0.39 is 5.92 Å². The van der Waals surface area contributed by atoms with Gasteiger partial charge in [-0.1, -0.05) is 5.57 Å². The van der Waals surface area contributed by atoms with E-state index in [1.807, 2.05) is 20.8 Å². The van der Waals surface area contributed by atoms with Gasteiger partial charge in [0, 0.05) is 5.70 Å². The molecule has 1 aliphatic rings. The Bertz CT molecular complexity index is 184. The van der Waals surface area contributed by atoms with Gasteiger partial charge in [-0.2, -0.15) is 0 Å². The molecule has 0 amide bonds. The van der Waals surface area contributed by atoms with E-state index in [0.717, 1.165) is 11.3 Å². The standard InChI is InChI=1S/C8H13F2N/c1-6(2)7(3)11-4-8(9,10)5-11/h4-5H2,1-3H3. The van der Waals surface area contributed by atoms with Crippen LogP contribution in [0.1, 0.15) is 20.8 Å². The first-order valence-corrected chi connectivity index (χ1v) is 3.69. The van der Waals surface area contributed by atoms with E-state index in [4.69, 9.17) is 0 Å². The fraction of sp³-hybridized carbons (Fsp3) is 0.750. The number of hydrogen-bond acceptors (Lipinski definition) is 1. The number of alkyl halides is 2. The Balaban J connectivity index is 2.51. The SMILES string of the molecule is CC(C)=C(C)N1CC(F)(F)C1. The van der Waals surface area contributed by atoms with Crippen LogP contribution in [0.4, 0.5) is 8.78 Å². The molecule has 11 heavy (non-hydrogen) atoms. The summed E-state index contributed by atoms with van der Waals surface area (Å²) in [5, 5.41) is 0. The van der Waals surface area contributed by atoms with Crippen molar-refractivity contribution >= 4 is 0 Å². The van der Waals surface area contributed by atoms with Crippen LogP contribution < -0.4 is 0 Å². The first kappa shape index (κ1) is 8.50. The molecular formula is C8H13F2N. The summed E-state index contributed by atoms with van der Waals surface area (Å²) in [7, 11) is 0. The topological polar surface area (TPSA) is 3.24 Å². The molecule has 0 saturated carbocycles. The largest absolute Gasteiger partial charge is 0.363 e. The number of allylic oxidation sites excluding steroid dienone is 2. The van der Waals surface area contributed by atoms with Crippen LogP contribution in [-0.4, -0.2) is 23.9 Å². The van der Waals surface area contributed by atoms with Gasteiger partial charge in [0.1, 0.15) is 0 Å². The maximum atomic E-state index is 12.3. The average Bonchev–Trinajstić information content (AvgIpc) is 1.80. The minimum absolute atomic E-state index is 0.107. The van der Waals surface area contributed by atoms with Crippen molar-refractivity contribution < 1.29 is 8.78 Å². The van der Waals surface area contributed by atoms with Gasteiger partial charge in [-0.3, -0.25) is 0 Å². The van der Waals surface area contributed by atoms with Gasteiger partial charge in [-0.25, -0.2) is 8.78 Å². The lowest BCUT2D eigenvalue weighted by Gasteiger charge is -2.41. The summed E-state index contributed by atoms with van der Waals surface area (Å²) in [6, 6.07) is 0. The molecule has 0 unspecified atom stereocenters. The lowest BCUT2D eigenvalue weighted by molar-refractivity contribution is -0.116. The molecular weight excluding hydrogens is 148 g/mol. The van der Waals surface area contributed by atoms with E-state index in [9.17, 15) is 8.78 Å². The normalized spacial score (nSPS) is 21.0. The van der Waals surface area contributed by atoms with E-state index in [1.54, 1.807) is 4.90 Å². The minimum Gasteiger partial charge on any atom is -0.363 e. The Morgan fingerprint density at radius 3 is 1.91 bits per heavy atom. The van der Waals surface area contributed by atoms with Crippen molar-refractivity contribution in [2.24, 2.45) is 0 Å². The third kappa shape index (κ3) is 1.70. The molecule has 64 valence electrons. The fourth-order valence-electron chi connectivity index (χ4n) is 1.07. The minimum atomic E-state index is -2.45. The fourth-order valence-corrected chi connectivity index (χ4v) is 1.07. The molecule has 1 rings (SSSR count). The van der Waals surface area contributed by atoms with Crippen LogP contribution in [0.25, 0.3) is 0 Å². The van der Waals surface area contributed by atoms with Gasteiger partial charge in [-0.05, 0) is 20.8 Å². The molecule has 1 heterocycles. The molecule has 3 heteroatoms. The number of halogens is 2. The second-order valence-electron chi connectivity index (χ2n) is 3.30. The highest BCUT2D eigenvalue weighted by atomic mass is 19.3. The first-order chi connectivity index (χ1) is 4.92. The van der Waals surface area contributed by atoms with Crippen LogP contribution in [0.3, 0.4) is 0 Å². The first-order valence-electron chi connectivity index (χ1n) is 3.69. The van der Waals surface area contributed by atoms with E-state index in [2.05, 4.69) is 0 Å². The summed E-state index contributed by atoms with van der Waals surface area (Å²) in [4.78, 5) is 1.70. The van der Waals surface area contributed by atoms with E-state index in [0.29, 0.717) is 0 Å². The van der Waals surface area contributed by atoms with Gasteiger partial charge in [0.05, 0.1) is 13.1 Å². The molecule has 0 aromatic rings. The number of likely N-dealkylation sites (tertiary alicyclic amines) is 1. The van der Waals surface area contributed by atoms with Gasteiger partial charge in [0.25, 0.3) is 5.92 Å². The van der Waals surface area contributed by atoms with Crippen molar-refractivity contribution in [3.63, 3.8) is 0 Å². The van der Waals surface area contributed by atoms with Crippen molar-refractivity contribution in [2.75, 3.05) is 13.1 Å². The molecule has 0 bridgehead atoms. The second-order valence-corrected chi connectivity index (χ2v) is 3.30. The summed E-state index contributed by atoms with van der Waals surface area (Å²) in [6.07, 6.45) is 0. The Hall–Kier alpha value is -0.600. The zero-order valence-corrected chi connectivity index (χ0v) is 7.12. The molecule has 1 nitrogen and oxygen atoms in total. The maximum absolute atomic E-state index is 12.3. The van der Waals surface area contributed by atoms with Crippen molar-refractivity contribution in [3.8, 4) is 0 Å². The summed E-state index contributed by atoms with van der Waals surface area (Å²) < 4.78 is 24.7. The van der Waals surface area contributed by atoms with Gasteiger partial charge < -0.3 is 4.90 Å². The third-order valence-corrected chi connectivity index (χ3v) is 2.04. The number of rotatable bonds is 1. The Labute approximate surface area is 65.7 Å². The van der Waals surface area contributed by atoms with Gasteiger partial charge in [0.15, 0.2) is 0 Å². The summed E-state index contributed by atoms with van der Waals surface area (Å²) >= 11 is 0. The predicted octanol–water partition coefficient (Wildman–Crippen LogP) is 2.25. The third-order valence-electron chi connectivity index (χ3n) is 2.04. The van der Waals surface area contributed by atoms with Crippen LogP contribution in [0.2, 0.25) is 0 Å². The van der Waals surface area contributed by atoms with E-state index in [1.165, 1.54) is 0 Å². The molecule has 0 radical (unpaired) electrons. The quantitative estimate of drug-likeness (QED) is 0.570. The van der Waals surface area contributed by atoms with Crippen LogP contribution in [0, 0.1) is 0 Å². The molecule has 0 aliphatic carbocycles. The Morgan fingerprint density at radius 2 is 1.64 bits per heavy atom. The van der Waals surface area contributed by atoms with Crippen LogP contribution in [-0.2, 0) is 0 Å². The molecule has 0 N–H and O–H groups in total. The highest BCUT2D eigenvalue weighted by Gasteiger charge is 2.43. The molecule has 1 aliphatic heterocycles. The average molecular weight is 161 g/mol. The molecule has 1 fully saturated rings. The second kappa shape index (κ2) is 2.47. The Morgan fingerprint density at radius 1 is 1.18 bits per heavy atom. The predicted molar refractivity (Wildman–Crippen MR) is 40.6 cm³/mol. The van der Waals surface area contributed by atoms with Crippen molar-refractivity contribution in [3.05, 3.63) is 11.3 Å². The van der Waals surface area contributed by atoms with E-state index >= 15 is 0 Å². The van der Waals surface area contributed by atoms with E-state index in [-0.39, 0.29) is 13.1 Å². The maximum Gasteiger partial charge on any atom is 0.282 e.